The largest absolute Gasteiger partial charge is 0.494 e. The summed E-state index contributed by atoms with van der Waals surface area (Å²) in [6.07, 6.45) is 0.0328. The van der Waals surface area contributed by atoms with Crippen LogP contribution in [-0.4, -0.2) is 29.3 Å². The van der Waals surface area contributed by atoms with Crippen molar-refractivity contribution >= 4 is 29.0 Å². The van der Waals surface area contributed by atoms with Crippen molar-refractivity contribution in [3.63, 3.8) is 0 Å². The third-order valence-electron chi connectivity index (χ3n) is 2.05. The van der Waals surface area contributed by atoms with E-state index in [1.807, 2.05) is 31.2 Å². The molecule has 0 amide bonds. The molecular formula is C12H16N2O3S. The highest BCUT2D eigenvalue weighted by Gasteiger charge is 2.00. The molecule has 1 aromatic rings. The summed E-state index contributed by atoms with van der Waals surface area (Å²) >= 11 is 5.03. The fraction of sp³-hybridized carbons (Fsp3) is 0.333. The predicted octanol–water partition coefficient (Wildman–Crippen LogP) is 1.85. The molecule has 0 fully saturated rings. The van der Waals surface area contributed by atoms with Crippen molar-refractivity contribution in [3.05, 3.63) is 24.3 Å². The lowest BCUT2D eigenvalue weighted by molar-refractivity contribution is -0.136. The maximum atomic E-state index is 10.3. The Morgan fingerprint density at radius 1 is 1.39 bits per heavy atom. The maximum Gasteiger partial charge on any atom is 0.305 e. The molecule has 98 valence electrons. The van der Waals surface area contributed by atoms with E-state index in [-0.39, 0.29) is 6.42 Å². The minimum absolute atomic E-state index is 0.0328. The Morgan fingerprint density at radius 2 is 2.06 bits per heavy atom. The summed E-state index contributed by atoms with van der Waals surface area (Å²) < 4.78 is 5.32. The van der Waals surface area contributed by atoms with E-state index in [1.54, 1.807) is 0 Å². The molecule has 1 aromatic carbocycles. The Hall–Kier alpha value is -1.82. The van der Waals surface area contributed by atoms with Gasteiger partial charge in [-0.05, 0) is 43.4 Å². The van der Waals surface area contributed by atoms with Crippen LogP contribution in [0.15, 0.2) is 24.3 Å². The Labute approximate surface area is 111 Å². The van der Waals surface area contributed by atoms with Gasteiger partial charge in [-0.2, -0.15) is 0 Å². The SMILES string of the molecule is CCOc1ccc(NC(=S)NCCC(=O)O)cc1. The summed E-state index contributed by atoms with van der Waals surface area (Å²) in [7, 11) is 0. The Bertz CT molecular complexity index is 406. The third kappa shape index (κ3) is 5.49. The van der Waals surface area contributed by atoms with Crippen LogP contribution in [-0.2, 0) is 4.79 Å². The number of aliphatic carboxylic acids is 1. The molecule has 0 aromatic heterocycles. The molecule has 0 spiro atoms. The Morgan fingerprint density at radius 3 is 2.61 bits per heavy atom. The Kier molecular flexibility index (Phi) is 5.93. The van der Waals surface area contributed by atoms with Crippen LogP contribution in [0.2, 0.25) is 0 Å². The number of thiocarbonyl (C=S) groups is 1. The first kappa shape index (κ1) is 14.2. The molecule has 0 unspecified atom stereocenters. The van der Waals surface area contributed by atoms with Gasteiger partial charge in [0.25, 0.3) is 0 Å². The van der Waals surface area contributed by atoms with Crippen molar-refractivity contribution in [1.82, 2.24) is 5.32 Å². The topological polar surface area (TPSA) is 70.6 Å². The number of ether oxygens (including phenoxy) is 1. The quantitative estimate of drug-likeness (QED) is 0.684. The fourth-order valence-corrected chi connectivity index (χ4v) is 1.48. The molecule has 0 bridgehead atoms. The van der Waals surface area contributed by atoms with Gasteiger partial charge in [0.2, 0.25) is 0 Å². The van der Waals surface area contributed by atoms with Gasteiger partial charge in [0.1, 0.15) is 5.75 Å². The van der Waals surface area contributed by atoms with Crippen LogP contribution >= 0.6 is 12.2 Å². The van der Waals surface area contributed by atoms with Gasteiger partial charge >= 0.3 is 5.97 Å². The summed E-state index contributed by atoms with van der Waals surface area (Å²) in [6, 6.07) is 7.36. The van der Waals surface area contributed by atoms with E-state index in [2.05, 4.69) is 10.6 Å². The molecule has 0 radical (unpaired) electrons. The number of nitrogens with one attached hydrogen (secondary N) is 2. The predicted molar refractivity (Wildman–Crippen MR) is 74.1 cm³/mol. The van der Waals surface area contributed by atoms with E-state index in [4.69, 9.17) is 22.1 Å². The number of rotatable bonds is 6. The number of hydrogen-bond acceptors (Lipinski definition) is 3. The smallest absolute Gasteiger partial charge is 0.305 e. The van der Waals surface area contributed by atoms with E-state index in [0.29, 0.717) is 18.3 Å². The zero-order valence-corrected chi connectivity index (χ0v) is 10.9. The van der Waals surface area contributed by atoms with Gasteiger partial charge in [0.15, 0.2) is 5.11 Å². The summed E-state index contributed by atoms with van der Waals surface area (Å²) in [5.74, 6) is -0.0563. The molecule has 0 aliphatic carbocycles. The second-order valence-electron chi connectivity index (χ2n) is 3.48. The first-order valence-electron chi connectivity index (χ1n) is 5.61. The zero-order valence-electron chi connectivity index (χ0n) is 10.1. The van der Waals surface area contributed by atoms with Crippen molar-refractivity contribution in [2.24, 2.45) is 0 Å². The first-order valence-corrected chi connectivity index (χ1v) is 6.02. The van der Waals surface area contributed by atoms with Crippen molar-refractivity contribution < 1.29 is 14.6 Å². The number of carbonyl (C=O) groups is 1. The summed E-state index contributed by atoms with van der Waals surface area (Å²) in [6.45, 7) is 2.85. The van der Waals surface area contributed by atoms with Crippen LogP contribution in [0.1, 0.15) is 13.3 Å². The van der Waals surface area contributed by atoms with Gasteiger partial charge in [0, 0.05) is 12.2 Å². The van der Waals surface area contributed by atoms with Crippen molar-refractivity contribution in [1.29, 1.82) is 0 Å². The van der Waals surface area contributed by atoms with Gasteiger partial charge in [-0.15, -0.1) is 0 Å². The summed E-state index contributed by atoms with van der Waals surface area (Å²) in [4.78, 5) is 10.3. The van der Waals surface area contributed by atoms with Crippen LogP contribution in [0.25, 0.3) is 0 Å². The molecule has 3 N–H and O–H groups in total. The second-order valence-corrected chi connectivity index (χ2v) is 3.89. The number of benzene rings is 1. The molecule has 0 saturated carbocycles. The van der Waals surface area contributed by atoms with Crippen LogP contribution in [0.3, 0.4) is 0 Å². The average molecular weight is 268 g/mol. The van der Waals surface area contributed by atoms with Crippen LogP contribution < -0.4 is 15.4 Å². The number of hydrogen-bond donors (Lipinski definition) is 3. The molecule has 0 aliphatic heterocycles. The van der Waals surface area contributed by atoms with Crippen LogP contribution in [0, 0.1) is 0 Å². The lowest BCUT2D eigenvalue weighted by Crippen LogP contribution is -2.30. The highest BCUT2D eigenvalue weighted by Crippen LogP contribution is 2.15. The van der Waals surface area contributed by atoms with E-state index < -0.39 is 5.97 Å². The van der Waals surface area contributed by atoms with Crippen molar-refractivity contribution in [2.45, 2.75) is 13.3 Å². The number of carboxylic acid groups (broad SMARTS) is 1. The van der Waals surface area contributed by atoms with E-state index in [9.17, 15) is 4.79 Å². The zero-order chi connectivity index (χ0) is 13.4. The van der Waals surface area contributed by atoms with E-state index in [1.165, 1.54) is 0 Å². The lowest BCUT2D eigenvalue weighted by atomic mass is 10.3. The normalized spacial score (nSPS) is 9.61. The van der Waals surface area contributed by atoms with E-state index >= 15 is 0 Å². The monoisotopic (exact) mass is 268 g/mol. The first-order chi connectivity index (χ1) is 8.61. The standard InChI is InChI=1S/C12H16N2O3S/c1-2-17-10-5-3-9(4-6-10)14-12(18)13-8-7-11(15)16/h3-6H,2,7-8H2,1H3,(H,15,16)(H2,13,14,18). The number of anilines is 1. The van der Waals surface area contributed by atoms with Gasteiger partial charge < -0.3 is 20.5 Å². The molecule has 18 heavy (non-hydrogen) atoms. The third-order valence-corrected chi connectivity index (χ3v) is 2.29. The molecular weight excluding hydrogens is 252 g/mol. The summed E-state index contributed by atoms with van der Waals surface area (Å²) in [5.41, 5.74) is 0.825. The number of carboxylic acids is 1. The van der Waals surface area contributed by atoms with Gasteiger partial charge in [-0.1, -0.05) is 0 Å². The fourth-order valence-electron chi connectivity index (χ4n) is 1.26. The van der Waals surface area contributed by atoms with Crippen molar-refractivity contribution in [3.8, 4) is 5.75 Å². The molecule has 0 atom stereocenters. The molecule has 1 rings (SSSR count). The molecule has 0 aliphatic rings. The van der Waals surface area contributed by atoms with Gasteiger partial charge in [-0.3, -0.25) is 4.79 Å². The minimum Gasteiger partial charge on any atom is -0.494 e. The summed E-state index contributed by atoms with van der Waals surface area (Å²) in [5, 5.41) is 14.7. The van der Waals surface area contributed by atoms with Gasteiger partial charge in [-0.25, -0.2) is 0 Å². The highest BCUT2D eigenvalue weighted by molar-refractivity contribution is 7.80. The highest BCUT2D eigenvalue weighted by atomic mass is 32.1. The molecule has 0 saturated heterocycles. The average Bonchev–Trinajstić information content (AvgIpc) is 2.31. The second kappa shape index (κ2) is 7.50. The lowest BCUT2D eigenvalue weighted by Gasteiger charge is -2.10. The molecule has 5 nitrogen and oxygen atoms in total. The minimum atomic E-state index is -0.855. The molecule has 0 heterocycles. The Balaban J connectivity index is 2.37. The van der Waals surface area contributed by atoms with Gasteiger partial charge in [0.05, 0.1) is 13.0 Å². The van der Waals surface area contributed by atoms with Crippen LogP contribution in [0.5, 0.6) is 5.75 Å². The van der Waals surface area contributed by atoms with Crippen molar-refractivity contribution in [2.75, 3.05) is 18.5 Å². The van der Waals surface area contributed by atoms with Crippen LogP contribution in [0.4, 0.5) is 5.69 Å². The van der Waals surface area contributed by atoms with E-state index in [0.717, 1.165) is 11.4 Å². The maximum absolute atomic E-state index is 10.3. The molecule has 6 heteroatoms.